The van der Waals surface area contributed by atoms with Gasteiger partial charge in [0.15, 0.2) is 6.10 Å². The van der Waals surface area contributed by atoms with E-state index in [-0.39, 0.29) is 6.61 Å². The van der Waals surface area contributed by atoms with Gasteiger partial charge in [0, 0.05) is 13.0 Å². The predicted molar refractivity (Wildman–Crippen MR) is 110 cm³/mol. The molecule has 0 unspecified atom stereocenters. The first kappa shape index (κ1) is 20.6. The standard InChI is InChI=1S/C20H20BrNO5S/c1-3-25-16(20(23)24)10-13-4-6-14(7-5-13)26-11-15-12(2)27-19(22-15)17-8-9-18(21)28-17/h4-9,16H,3,10-11H2,1-2H3,(H,23,24)/t16-/m0/s1. The zero-order valence-corrected chi connectivity index (χ0v) is 17.9. The summed E-state index contributed by atoms with van der Waals surface area (Å²) in [5.41, 5.74) is 1.61. The number of carboxylic acid groups (broad SMARTS) is 1. The van der Waals surface area contributed by atoms with Gasteiger partial charge in [-0.25, -0.2) is 9.78 Å². The third kappa shape index (κ3) is 5.21. The molecule has 1 aromatic carbocycles. The van der Waals surface area contributed by atoms with Crippen molar-refractivity contribution in [2.45, 2.75) is 33.0 Å². The molecule has 0 radical (unpaired) electrons. The molecule has 2 aromatic heterocycles. The van der Waals surface area contributed by atoms with Gasteiger partial charge >= 0.3 is 5.97 Å². The van der Waals surface area contributed by atoms with Gasteiger partial charge in [-0.1, -0.05) is 12.1 Å². The van der Waals surface area contributed by atoms with Crippen molar-refractivity contribution in [2.75, 3.05) is 6.61 Å². The molecule has 3 aromatic rings. The molecule has 3 rings (SSSR count). The summed E-state index contributed by atoms with van der Waals surface area (Å²) in [6.07, 6.45) is -0.531. The van der Waals surface area contributed by atoms with Crippen LogP contribution in [-0.4, -0.2) is 28.8 Å². The number of aryl methyl sites for hydroxylation is 1. The summed E-state index contributed by atoms with van der Waals surface area (Å²) in [7, 11) is 0. The van der Waals surface area contributed by atoms with E-state index in [0.717, 1.165) is 25.7 Å². The molecule has 148 valence electrons. The first-order chi connectivity index (χ1) is 13.5. The van der Waals surface area contributed by atoms with Crippen LogP contribution in [-0.2, 0) is 22.6 Å². The number of aliphatic carboxylic acids is 1. The fourth-order valence-corrected chi connectivity index (χ4v) is 3.92. The average Bonchev–Trinajstić information content (AvgIpc) is 3.26. The van der Waals surface area contributed by atoms with Crippen LogP contribution in [0.5, 0.6) is 5.75 Å². The van der Waals surface area contributed by atoms with Crippen LogP contribution in [0.1, 0.15) is 23.9 Å². The molecule has 0 spiro atoms. The largest absolute Gasteiger partial charge is 0.487 e. The number of nitrogens with zero attached hydrogens (tertiary/aromatic N) is 1. The highest BCUT2D eigenvalue weighted by Gasteiger charge is 2.18. The van der Waals surface area contributed by atoms with Crippen LogP contribution >= 0.6 is 27.3 Å². The third-order valence-electron chi connectivity index (χ3n) is 4.04. The lowest BCUT2D eigenvalue weighted by molar-refractivity contribution is -0.149. The number of hydrogen-bond acceptors (Lipinski definition) is 6. The minimum absolute atomic E-state index is 0.290. The van der Waals surface area contributed by atoms with E-state index in [0.29, 0.717) is 24.7 Å². The summed E-state index contributed by atoms with van der Waals surface area (Å²) in [5, 5.41) is 9.17. The van der Waals surface area contributed by atoms with Crippen molar-refractivity contribution in [2.24, 2.45) is 0 Å². The van der Waals surface area contributed by atoms with Gasteiger partial charge in [0.1, 0.15) is 23.8 Å². The molecular formula is C20H20BrNO5S. The van der Waals surface area contributed by atoms with E-state index in [1.165, 1.54) is 0 Å². The molecule has 0 aliphatic heterocycles. The Morgan fingerprint density at radius 2 is 2.04 bits per heavy atom. The number of ether oxygens (including phenoxy) is 2. The van der Waals surface area contributed by atoms with E-state index in [1.807, 2.05) is 43.3 Å². The minimum Gasteiger partial charge on any atom is -0.487 e. The number of carbonyl (C=O) groups is 1. The zero-order valence-electron chi connectivity index (χ0n) is 15.5. The molecule has 6 nitrogen and oxygen atoms in total. The topological polar surface area (TPSA) is 81.8 Å². The Kier molecular flexibility index (Phi) is 6.88. The first-order valence-electron chi connectivity index (χ1n) is 8.74. The van der Waals surface area contributed by atoms with Gasteiger partial charge in [-0.15, -0.1) is 11.3 Å². The van der Waals surface area contributed by atoms with Gasteiger partial charge in [0.05, 0.1) is 8.66 Å². The quantitative estimate of drug-likeness (QED) is 0.474. The molecule has 1 N–H and O–H groups in total. The highest BCUT2D eigenvalue weighted by Crippen LogP contribution is 2.32. The summed E-state index contributed by atoms with van der Waals surface area (Å²) in [4.78, 5) is 16.7. The normalized spacial score (nSPS) is 12.1. The maximum atomic E-state index is 11.2. The molecule has 0 aliphatic carbocycles. The molecular weight excluding hydrogens is 446 g/mol. The van der Waals surface area contributed by atoms with Crippen LogP contribution in [0.15, 0.2) is 44.6 Å². The van der Waals surface area contributed by atoms with Crippen molar-refractivity contribution in [3.8, 4) is 16.5 Å². The molecule has 0 amide bonds. The Morgan fingerprint density at radius 1 is 1.29 bits per heavy atom. The molecule has 0 fully saturated rings. The van der Waals surface area contributed by atoms with Crippen molar-refractivity contribution in [1.29, 1.82) is 0 Å². The second-order valence-electron chi connectivity index (χ2n) is 6.04. The van der Waals surface area contributed by atoms with E-state index >= 15 is 0 Å². The molecule has 0 saturated heterocycles. The van der Waals surface area contributed by atoms with E-state index in [1.54, 1.807) is 18.3 Å². The predicted octanol–water partition coefficient (Wildman–Crippen LogP) is 5.09. The summed E-state index contributed by atoms with van der Waals surface area (Å²) < 4.78 is 17.8. The highest BCUT2D eigenvalue weighted by atomic mass is 79.9. The molecule has 0 bridgehead atoms. The van der Waals surface area contributed by atoms with Gasteiger partial charge in [0.25, 0.3) is 0 Å². The maximum Gasteiger partial charge on any atom is 0.333 e. The summed E-state index contributed by atoms with van der Waals surface area (Å²) in [6, 6.07) is 11.2. The maximum absolute atomic E-state index is 11.2. The Morgan fingerprint density at radius 3 is 2.64 bits per heavy atom. The van der Waals surface area contributed by atoms with Crippen LogP contribution in [0.4, 0.5) is 0 Å². The number of oxazole rings is 1. The summed E-state index contributed by atoms with van der Waals surface area (Å²) in [5.74, 6) is 1.02. The number of carboxylic acids is 1. The number of hydrogen-bond donors (Lipinski definition) is 1. The Balaban J connectivity index is 1.61. The molecule has 0 aliphatic rings. The van der Waals surface area contributed by atoms with Crippen molar-refractivity contribution < 1.29 is 23.8 Å². The smallest absolute Gasteiger partial charge is 0.333 e. The first-order valence-corrected chi connectivity index (χ1v) is 10.4. The van der Waals surface area contributed by atoms with Crippen LogP contribution in [0.25, 0.3) is 10.8 Å². The molecule has 28 heavy (non-hydrogen) atoms. The Labute approximate surface area is 175 Å². The highest BCUT2D eigenvalue weighted by molar-refractivity contribution is 9.11. The van der Waals surface area contributed by atoms with Crippen LogP contribution in [0.3, 0.4) is 0 Å². The fourth-order valence-electron chi connectivity index (χ4n) is 2.60. The van der Waals surface area contributed by atoms with E-state index < -0.39 is 12.1 Å². The van der Waals surface area contributed by atoms with Gasteiger partial charge in [-0.05, 0) is 59.6 Å². The lowest BCUT2D eigenvalue weighted by Crippen LogP contribution is -2.26. The Bertz CT molecular complexity index is 934. The van der Waals surface area contributed by atoms with Crippen molar-refractivity contribution in [3.05, 3.63) is 57.2 Å². The lowest BCUT2D eigenvalue weighted by atomic mass is 10.1. The number of thiophene rings is 1. The number of benzene rings is 1. The lowest BCUT2D eigenvalue weighted by Gasteiger charge is -2.12. The summed E-state index contributed by atoms with van der Waals surface area (Å²) in [6.45, 7) is 4.29. The van der Waals surface area contributed by atoms with Crippen LogP contribution in [0, 0.1) is 6.92 Å². The zero-order chi connectivity index (χ0) is 20.1. The third-order valence-corrected chi connectivity index (χ3v) is 5.65. The average molecular weight is 466 g/mol. The van der Waals surface area contributed by atoms with Gasteiger partial charge < -0.3 is 19.0 Å². The van der Waals surface area contributed by atoms with Gasteiger partial charge in [0.2, 0.25) is 5.89 Å². The monoisotopic (exact) mass is 465 g/mol. The molecule has 1 atom stereocenters. The van der Waals surface area contributed by atoms with E-state index in [4.69, 9.17) is 13.9 Å². The van der Waals surface area contributed by atoms with Gasteiger partial charge in [-0.2, -0.15) is 0 Å². The summed E-state index contributed by atoms with van der Waals surface area (Å²) >= 11 is 4.99. The van der Waals surface area contributed by atoms with Crippen molar-refractivity contribution in [1.82, 2.24) is 4.98 Å². The van der Waals surface area contributed by atoms with Crippen LogP contribution < -0.4 is 4.74 Å². The second kappa shape index (κ2) is 9.36. The minimum atomic E-state index is -0.961. The van der Waals surface area contributed by atoms with E-state index in [9.17, 15) is 9.90 Å². The number of halogens is 1. The fraction of sp³-hybridized carbons (Fsp3) is 0.300. The SMILES string of the molecule is CCO[C@@H](Cc1ccc(OCc2nc(-c3ccc(Br)s3)oc2C)cc1)C(=O)O. The van der Waals surface area contributed by atoms with Gasteiger partial charge in [-0.3, -0.25) is 0 Å². The Hall–Kier alpha value is -2.16. The number of aromatic nitrogens is 1. The van der Waals surface area contributed by atoms with Crippen LogP contribution in [0.2, 0.25) is 0 Å². The molecule has 2 heterocycles. The van der Waals surface area contributed by atoms with E-state index in [2.05, 4.69) is 20.9 Å². The second-order valence-corrected chi connectivity index (χ2v) is 8.51. The van der Waals surface area contributed by atoms with Crippen molar-refractivity contribution in [3.63, 3.8) is 0 Å². The number of rotatable bonds is 9. The molecule has 8 heteroatoms. The molecule has 0 saturated carbocycles. The van der Waals surface area contributed by atoms with Crippen molar-refractivity contribution >= 4 is 33.2 Å².